The third-order valence-electron chi connectivity index (χ3n) is 2.92. The highest BCUT2D eigenvalue weighted by atomic mass is 35.5. The van der Waals surface area contributed by atoms with Crippen molar-refractivity contribution in [3.63, 3.8) is 0 Å². The minimum absolute atomic E-state index is 0.187. The summed E-state index contributed by atoms with van der Waals surface area (Å²) in [6.45, 7) is 2.04. The van der Waals surface area contributed by atoms with Crippen LogP contribution in [0, 0.1) is 5.82 Å². The maximum absolute atomic E-state index is 13.5. The summed E-state index contributed by atoms with van der Waals surface area (Å²) in [5, 5.41) is 0. The lowest BCUT2D eigenvalue weighted by Gasteiger charge is -2.30. The first-order valence-corrected chi connectivity index (χ1v) is 5.94. The molecule has 1 nitrogen and oxygen atoms in total. The largest absolute Gasteiger partial charge is 0.371 e. The van der Waals surface area contributed by atoms with Crippen molar-refractivity contribution in [1.82, 2.24) is 0 Å². The van der Waals surface area contributed by atoms with Crippen molar-refractivity contribution in [2.75, 3.05) is 18.0 Å². The molecule has 0 aliphatic carbocycles. The van der Waals surface area contributed by atoms with E-state index < -0.39 is 0 Å². The highest BCUT2D eigenvalue weighted by molar-refractivity contribution is 6.17. The summed E-state index contributed by atoms with van der Waals surface area (Å²) in [7, 11) is 0. The number of rotatable bonds is 2. The van der Waals surface area contributed by atoms with E-state index in [2.05, 4.69) is 4.90 Å². The van der Waals surface area contributed by atoms with Gasteiger partial charge in [-0.3, -0.25) is 0 Å². The monoisotopic (exact) mass is 227 g/mol. The second-order valence-electron chi connectivity index (χ2n) is 3.92. The second kappa shape index (κ2) is 4.84. The van der Waals surface area contributed by atoms with Crippen molar-refractivity contribution in [3.8, 4) is 0 Å². The second-order valence-corrected chi connectivity index (χ2v) is 4.19. The molecule has 0 atom stereocenters. The number of benzene rings is 1. The van der Waals surface area contributed by atoms with Crippen molar-refractivity contribution < 1.29 is 4.39 Å². The number of alkyl halides is 1. The molecular weight excluding hydrogens is 213 g/mol. The summed E-state index contributed by atoms with van der Waals surface area (Å²) in [6, 6.07) is 5.20. The Morgan fingerprint density at radius 2 is 1.93 bits per heavy atom. The summed E-state index contributed by atoms with van der Waals surface area (Å²) in [5.41, 5.74) is 1.62. The van der Waals surface area contributed by atoms with E-state index in [-0.39, 0.29) is 11.7 Å². The number of hydrogen-bond donors (Lipinski definition) is 0. The van der Waals surface area contributed by atoms with Crippen LogP contribution in [-0.2, 0) is 5.88 Å². The van der Waals surface area contributed by atoms with Gasteiger partial charge in [-0.1, -0.05) is 6.07 Å². The van der Waals surface area contributed by atoms with Gasteiger partial charge >= 0.3 is 0 Å². The Labute approximate surface area is 94.8 Å². The van der Waals surface area contributed by atoms with E-state index in [0.717, 1.165) is 18.8 Å². The predicted octanol–water partition coefficient (Wildman–Crippen LogP) is 3.55. The molecule has 0 aromatic heterocycles. The van der Waals surface area contributed by atoms with Gasteiger partial charge in [-0.2, -0.15) is 0 Å². The van der Waals surface area contributed by atoms with Gasteiger partial charge in [-0.05, 0) is 31.4 Å². The predicted molar refractivity (Wildman–Crippen MR) is 62.0 cm³/mol. The van der Waals surface area contributed by atoms with Crippen LogP contribution in [0.4, 0.5) is 10.1 Å². The van der Waals surface area contributed by atoms with E-state index in [0.29, 0.717) is 5.56 Å². The van der Waals surface area contributed by atoms with E-state index in [1.807, 2.05) is 6.07 Å². The van der Waals surface area contributed by atoms with E-state index in [4.69, 9.17) is 11.6 Å². The van der Waals surface area contributed by atoms with Crippen molar-refractivity contribution in [1.29, 1.82) is 0 Å². The first kappa shape index (κ1) is 10.7. The lowest BCUT2D eigenvalue weighted by Crippen LogP contribution is -2.30. The Morgan fingerprint density at radius 1 is 1.20 bits per heavy atom. The molecule has 1 aliphatic heterocycles. The van der Waals surface area contributed by atoms with Crippen molar-refractivity contribution in [2.24, 2.45) is 0 Å². The number of hydrogen-bond acceptors (Lipinski definition) is 1. The van der Waals surface area contributed by atoms with Gasteiger partial charge in [0, 0.05) is 24.3 Å². The number of piperidine rings is 1. The number of anilines is 1. The van der Waals surface area contributed by atoms with Gasteiger partial charge in [-0.25, -0.2) is 4.39 Å². The molecule has 0 amide bonds. The summed E-state index contributed by atoms with van der Waals surface area (Å²) in [5.74, 6) is 0.0615. The SMILES string of the molecule is Fc1cccc(N2CCCCC2)c1CCl. The van der Waals surface area contributed by atoms with Crippen molar-refractivity contribution >= 4 is 17.3 Å². The average Bonchev–Trinajstić information content (AvgIpc) is 2.30. The highest BCUT2D eigenvalue weighted by Crippen LogP contribution is 2.27. The normalized spacial score (nSPS) is 16.8. The molecule has 0 bridgehead atoms. The van der Waals surface area contributed by atoms with Crippen LogP contribution in [0.15, 0.2) is 18.2 Å². The van der Waals surface area contributed by atoms with Crippen molar-refractivity contribution in [2.45, 2.75) is 25.1 Å². The van der Waals surface area contributed by atoms with Gasteiger partial charge in [0.15, 0.2) is 0 Å². The molecule has 1 saturated heterocycles. The third-order valence-corrected chi connectivity index (χ3v) is 3.19. The van der Waals surface area contributed by atoms with Crippen molar-refractivity contribution in [3.05, 3.63) is 29.6 Å². The fourth-order valence-electron chi connectivity index (χ4n) is 2.11. The summed E-state index contributed by atoms with van der Waals surface area (Å²) in [6.07, 6.45) is 3.67. The van der Waals surface area contributed by atoms with Gasteiger partial charge in [0.25, 0.3) is 0 Å². The Hall–Kier alpha value is -0.760. The molecule has 2 rings (SSSR count). The Bertz CT molecular complexity index is 334. The number of halogens is 2. The van der Waals surface area contributed by atoms with Crippen LogP contribution in [0.5, 0.6) is 0 Å². The Morgan fingerprint density at radius 3 is 2.60 bits per heavy atom. The first-order chi connectivity index (χ1) is 7.33. The zero-order valence-corrected chi connectivity index (χ0v) is 9.43. The van der Waals surface area contributed by atoms with Crippen LogP contribution < -0.4 is 4.90 Å². The Kier molecular flexibility index (Phi) is 3.47. The molecule has 82 valence electrons. The van der Waals surface area contributed by atoms with Gasteiger partial charge in [0.1, 0.15) is 5.82 Å². The summed E-state index contributed by atoms with van der Waals surface area (Å²) < 4.78 is 13.5. The molecule has 0 radical (unpaired) electrons. The Balaban J connectivity index is 2.29. The zero-order chi connectivity index (χ0) is 10.7. The van der Waals surface area contributed by atoms with Gasteiger partial charge in [0.05, 0.1) is 5.88 Å². The maximum Gasteiger partial charge on any atom is 0.129 e. The topological polar surface area (TPSA) is 3.24 Å². The van der Waals surface area contributed by atoms with E-state index in [1.54, 1.807) is 6.07 Å². The fraction of sp³-hybridized carbons (Fsp3) is 0.500. The highest BCUT2D eigenvalue weighted by Gasteiger charge is 2.15. The lowest BCUT2D eigenvalue weighted by molar-refractivity contribution is 0.571. The average molecular weight is 228 g/mol. The van der Waals surface area contributed by atoms with Gasteiger partial charge < -0.3 is 4.90 Å². The number of nitrogens with zero attached hydrogens (tertiary/aromatic N) is 1. The van der Waals surface area contributed by atoms with Gasteiger partial charge in [-0.15, -0.1) is 11.6 Å². The van der Waals surface area contributed by atoms with Crippen LogP contribution in [-0.4, -0.2) is 13.1 Å². The molecule has 0 spiro atoms. The van der Waals surface area contributed by atoms with E-state index in [9.17, 15) is 4.39 Å². The molecular formula is C12H15ClFN. The minimum atomic E-state index is -0.187. The molecule has 0 saturated carbocycles. The maximum atomic E-state index is 13.5. The minimum Gasteiger partial charge on any atom is -0.371 e. The molecule has 1 aromatic rings. The lowest BCUT2D eigenvalue weighted by atomic mass is 10.1. The van der Waals surface area contributed by atoms with Gasteiger partial charge in [0.2, 0.25) is 0 Å². The first-order valence-electron chi connectivity index (χ1n) is 5.41. The van der Waals surface area contributed by atoms with Crippen LogP contribution in [0.25, 0.3) is 0 Å². The fourth-order valence-corrected chi connectivity index (χ4v) is 2.38. The van der Waals surface area contributed by atoms with Crippen LogP contribution >= 0.6 is 11.6 Å². The van der Waals surface area contributed by atoms with Crippen LogP contribution in [0.2, 0.25) is 0 Å². The summed E-state index contributed by atoms with van der Waals surface area (Å²) >= 11 is 5.79. The zero-order valence-electron chi connectivity index (χ0n) is 8.68. The van der Waals surface area contributed by atoms with Crippen LogP contribution in [0.3, 0.4) is 0 Å². The molecule has 15 heavy (non-hydrogen) atoms. The standard InChI is InChI=1S/C12H15ClFN/c13-9-10-11(14)5-4-6-12(10)15-7-2-1-3-8-15/h4-6H,1-3,7-9H2. The molecule has 1 heterocycles. The summed E-state index contributed by atoms with van der Waals surface area (Å²) in [4.78, 5) is 2.24. The molecule has 1 aliphatic rings. The van der Waals surface area contributed by atoms with E-state index >= 15 is 0 Å². The molecule has 3 heteroatoms. The molecule has 0 N–H and O–H groups in total. The molecule has 1 fully saturated rings. The van der Waals surface area contributed by atoms with Crippen LogP contribution in [0.1, 0.15) is 24.8 Å². The molecule has 1 aromatic carbocycles. The third kappa shape index (κ3) is 2.25. The molecule has 0 unspecified atom stereocenters. The van der Waals surface area contributed by atoms with E-state index in [1.165, 1.54) is 25.3 Å². The quantitative estimate of drug-likeness (QED) is 0.699. The smallest absolute Gasteiger partial charge is 0.129 e.